The topological polar surface area (TPSA) is 78.9 Å². The van der Waals surface area contributed by atoms with E-state index in [9.17, 15) is 9.59 Å². The van der Waals surface area contributed by atoms with Gasteiger partial charge >= 0.3 is 12.0 Å². The van der Waals surface area contributed by atoms with Crippen LogP contribution in [0, 0.1) is 0 Å². The average Bonchev–Trinajstić information content (AvgIpc) is 2.17. The monoisotopic (exact) mass is 216 g/mol. The van der Waals surface area contributed by atoms with E-state index >= 15 is 0 Å². The lowest BCUT2D eigenvalue weighted by Crippen LogP contribution is -2.52. The largest absolute Gasteiger partial charge is 0.480 e. The maximum atomic E-state index is 11.6. The zero-order valence-electron chi connectivity index (χ0n) is 8.90. The number of carboxylic acids is 1. The number of nitrogens with zero attached hydrogens (tertiary/aromatic N) is 1. The Morgan fingerprint density at radius 2 is 2.27 bits per heavy atom. The van der Waals surface area contributed by atoms with Gasteiger partial charge in [-0.2, -0.15) is 0 Å². The van der Waals surface area contributed by atoms with Gasteiger partial charge in [0, 0.05) is 13.1 Å². The van der Waals surface area contributed by atoms with Gasteiger partial charge in [0.25, 0.3) is 0 Å². The second-order valence-electron chi connectivity index (χ2n) is 3.64. The molecule has 6 heteroatoms. The third-order valence-corrected chi connectivity index (χ3v) is 2.24. The summed E-state index contributed by atoms with van der Waals surface area (Å²) in [6.45, 7) is 4.81. The fraction of sp³-hybridized carbons (Fsp3) is 0.778. The first-order valence-electron chi connectivity index (χ1n) is 4.90. The van der Waals surface area contributed by atoms with Gasteiger partial charge < -0.3 is 20.1 Å². The van der Waals surface area contributed by atoms with Gasteiger partial charge in [-0.25, -0.2) is 4.79 Å². The van der Waals surface area contributed by atoms with E-state index in [0.29, 0.717) is 19.7 Å². The minimum absolute atomic E-state index is 0.00429. The van der Waals surface area contributed by atoms with E-state index in [2.05, 4.69) is 5.32 Å². The molecule has 1 aliphatic heterocycles. The van der Waals surface area contributed by atoms with Gasteiger partial charge in [-0.1, -0.05) is 0 Å². The molecule has 0 aromatic heterocycles. The molecule has 6 nitrogen and oxygen atoms in total. The highest BCUT2D eigenvalue weighted by atomic mass is 16.5. The Labute approximate surface area is 88.2 Å². The maximum absolute atomic E-state index is 11.6. The second kappa shape index (κ2) is 4.97. The first-order chi connectivity index (χ1) is 7.00. The molecule has 1 fully saturated rings. The maximum Gasteiger partial charge on any atom is 0.325 e. The lowest BCUT2D eigenvalue weighted by atomic mass is 10.3. The molecule has 0 saturated carbocycles. The second-order valence-corrected chi connectivity index (χ2v) is 3.64. The molecule has 2 unspecified atom stereocenters. The Morgan fingerprint density at radius 3 is 2.80 bits per heavy atom. The van der Waals surface area contributed by atoms with Gasteiger partial charge in [0.15, 0.2) is 0 Å². The molecule has 1 aliphatic rings. The van der Waals surface area contributed by atoms with Crippen LogP contribution in [0.2, 0.25) is 0 Å². The average molecular weight is 216 g/mol. The fourth-order valence-electron chi connectivity index (χ4n) is 1.34. The predicted octanol–water partition coefficient (Wildman–Crippen LogP) is -0.110. The van der Waals surface area contributed by atoms with Gasteiger partial charge in [-0.15, -0.1) is 0 Å². The number of hydrogen-bond acceptors (Lipinski definition) is 3. The van der Waals surface area contributed by atoms with Crippen LogP contribution in [0.4, 0.5) is 4.79 Å². The molecule has 2 N–H and O–H groups in total. The van der Waals surface area contributed by atoms with Crippen LogP contribution in [0.5, 0.6) is 0 Å². The van der Waals surface area contributed by atoms with Crippen molar-refractivity contribution >= 4 is 12.0 Å². The molecule has 1 heterocycles. The molecule has 86 valence electrons. The molecule has 2 atom stereocenters. The highest BCUT2D eigenvalue weighted by molar-refractivity contribution is 5.82. The minimum atomic E-state index is -1.04. The van der Waals surface area contributed by atoms with Crippen LogP contribution >= 0.6 is 0 Å². The van der Waals surface area contributed by atoms with Crippen molar-refractivity contribution in [1.29, 1.82) is 0 Å². The van der Waals surface area contributed by atoms with Gasteiger partial charge in [-0.3, -0.25) is 4.79 Å². The summed E-state index contributed by atoms with van der Waals surface area (Å²) in [5.41, 5.74) is 0. The Bertz CT molecular complexity index is 256. The van der Waals surface area contributed by atoms with Crippen LogP contribution in [-0.2, 0) is 9.53 Å². The van der Waals surface area contributed by atoms with Crippen molar-refractivity contribution in [3.05, 3.63) is 0 Å². The Kier molecular flexibility index (Phi) is 3.90. The molecule has 0 spiro atoms. The highest BCUT2D eigenvalue weighted by Gasteiger charge is 2.23. The van der Waals surface area contributed by atoms with Gasteiger partial charge in [0.1, 0.15) is 6.04 Å². The van der Waals surface area contributed by atoms with Crippen LogP contribution < -0.4 is 5.32 Å². The van der Waals surface area contributed by atoms with Crippen molar-refractivity contribution in [2.24, 2.45) is 0 Å². The SMILES string of the molecule is CC1CN(C(=O)NC(C)C(=O)O)CCO1. The number of morpholine rings is 1. The van der Waals surface area contributed by atoms with E-state index in [4.69, 9.17) is 9.84 Å². The van der Waals surface area contributed by atoms with E-state index < -0.39 is 12.0 Å². The zero-order valence-corrected chi connectivity index (χ0v) is 8.90. The lowest BCUT2D eigenvalue weighted by molar-refractivity contribution is -0.138. The van der Waals surface area contributed by atoms with E-state index in [0.717, 1.165) is 0 Å². The summed E-state index contributed by atoms with van der Waals surface area (Å²) in [7, 11) is 0. The highest BCUT2D eigenvalue weighted by Crippen LogP contribution is 2.04. The van der Waals surface area contributed by atoms with Crippen LogP contribution in [0.15, 0.2) is 0 Å². The van der Waals surface area contributed by atoms with E-state index in [-0.39, 0.29) is 12.1 Å². The molecule has 2 amide bonds. The van der Waals surface area contributed by atoms with Crippen LogP contribution in [0.3, 0.4) is 0 Å². The number of carboxylic acid groups (broad SMARTS) is 1. The predicted molar refractivity (Wildman–Crippen MR) is 52.6 cm³/mol. The number of amides is 2. The summed E-state index contributed by atoms with van der Waals surface area (Å²) in [4.78, 5) is 23.6. The molecule has 0 radical (unpaired) electrons. The van der Waals surface area contributed by atoms with Crippen molar-refractivity contribution < 1.29 is 19.4 Å². The minimum Gasteiger partial charge on any atom is -0.480 e. The van der Waals surface area contributed by atoms with E-state index in [1.165, 1.54) is 6.92 Å². The van der Waals surface area contributed by atoms with Gasteiger partial charge in [0.05, 0.1) is 12.7 Å². The normalized spacial score (nSPS) is 23.3. The first-order valence-corrected chi connectivity index (χ1v) is 4.90. The molecular formula is C9H16N2O4. The van der Waals surface area contributed by atoms with Crippen LogP contribution in [-0.4, -0.2) is 53.8 Å². The van der Waals surface area contributed by atoms with Gasteiger partial charge in [0.2, 0.25) is 0 Å². The number of aliphatic carboxylic acids is 1. The molecule has 0 bridgehead atoms. The lowest BCUT2D eigenvalue weighted by Gasteiger charge is -2.31. The molecule has 0 aromatic rings. The number of rotatable bonds is 2. The molecule has 0 aliphatic carbocycles. The summed E-state index contributed by atoms with van der Waals surface area (Å²) in [6, 6.07) is -1.21. The molecular weight excluding hydrogens is 200 g/mol. The first kappa shape index (κ1) is 11.8. The summed E-state index contributed by atoms with van der Waals surface area (Å²) in [5, 5.41) is 11.0. The fourth-order valence-corrected chi connectivity index (χ4v) is 1.34. The Balaban J connectivity index is 2.42. The summed E-state index contributed by atoms with van der Waals surface area (Å²) in [5.74, 6) is -1.04. The summed E-state index contributed by atoms with van der Waals surface area (Å²) in [6.07, 6.45) is 0.00429. The van der Waals surface area contributed by atoms with E-state index in [1.807, 2.05) is 6.92 Å². The number of carbonyl (C=O) groups excluding carboxylic acids is 1. The molecule has 0 aromatic carbocycles. The number of carbonyl (C=O) groups is 2. The van der Waals surface area contributed by atoms with Crippen LogP contribution in [0.1, 0.15) is 13.8 Å². The Morgan fingerprint density at radius 1 is 1.60 bits per heavy atom. The van der Waals surface area contributed by atoms with E-state index in [1.54, 1.807) is 4.90 Å². The van der Waals surface area contributed by atoms with Crippen LogP contribution in [0.25, 0.3) is 0 Å². The van der Waals surface area contributed by atoms with Gasteiger partial charge in [-0.05, 0) is 13.8 Å². The number of urea groups is 1. The standard InChI is InChI=1S/C9H16N2O4/c1-6-5-11(3-4-15-6)9(14)10-7(2)8(12)13/h6-7H,3-5H2,1-2H3,(H,10,14)(H,12,13). The summed E-state index contributed by atoms with van der Waals surface area (Å²) < 4.78 is 5.27. The third kappa shape index (κ3) is 3.39. The quantitative estimate of drug-likeness (QED) is 0.675. The van der Waals surface area contributed by atoms with Crippen molar-refractivity contribution in [2.45, 2.75) is 26.0 Å². The third-order valence-electron chi connectivity index (χ3n) is 2.24. The number of hydrogen-bond donors (Lipinski definition) is 2. The molecule has 15 heavy (non-hydrogen) atoms. The smallest absolute Gasteiger partial charge is 0.325 e. The Hall–Kier alpha value is -1.30. The van der Waals surface area contributed by atoms with Crippen molar-refractivity contribution in [2.75, 3.05) is 19.7 Å². The molecule has 1 rings (SSSR count). The van der Waals surface area contributed by atoms with Crippen molar-refractivity contribution in [3.8, 4) is 0 Å². The van der Waals surface area contributed by atoms with Crippen molar-refractivity contribution in [3.63, 3.8) is 0 Å². The van der Waals surface area contributed by atoms with Crippen molar-refractivity contribution in [1.82, 2.24) is 10.2 Å². The zero-order chi connectivity index (χ0) is 11.4. The molecule has 1 saturated heterocycles. The number of nitrogens with one attached hydrogen (secondary N) is 1. The summed E-state index contributed by atoms with van der Waals surface area (Å²) >= 11 is 0. The number of ether oxygens (including phenoxy) is 1.